The summed E-state index contributed by atoms with van der Waals surface area (Å²) in [7, 11) is 0. The standard InChI is InChI=1S/C57H96O6/c1-4-7-10-13-16-19-22-25-27-28-30-32-35-38-41-44-47-50-56(59)62-53-54(52-61-55(58)49-46-43-40-37-34-31-24-21-18-15-12-9-6-3)63-57(60)51-48-45-42-39-36-33-29-26-23-20-17-14-11-8-5-2/h7,10,16,19-21,23-25,27,30,32,38,41,54H,4-6,8-9,11-15,17-18,22,26,28-29,31,33-37,39-40,42-53H2,1-3H3/b10-7-,19-16-,23-20-,24-21-,27-25-,32-30-,41-38-/t54-/m0/s1. The molecule has 0 saturated carbocycles. The van der Waals surface area contributed by atoms with Crippen LogP contribution >= 0.6 is 0 Å². The highest BCUT2D eigenvalue weighted by Gasteiger charge is 2.19. The molecule has 0 aromatic rings. The second kappa shape index (κ2) is 51.2. The van der Waals surface area contributed by atoms with Crippen molar-refractivity contribution in [3.05, 3.63) is 85.1 Å². The van der Waals surface area contributed by atoms with Crippen molar-refractivity contribution in [2.45, 2.75) is 245 Å². The summed E-state index contributed by atoms with van der Waals surface area (Å²) in [4.78, 5) is 38.0. The van der Waals surface area contributed by atoms with Crippen LogP contribution in [0.25, 0.3) is 0 Å². The van der Waals surface area contributed by atoms with Gasteiger partial charge in [-0.2, -0.15) is 0 Å². The van der Waals surface area contributed by atoms with Crippen LogP contribution in [-0.4, -0.2) is 37.2 Å². The summed E-state index contributed by atoms with van der Waals surface area (Å²) in [6.07, 6.45) is 65.7. The SMILES string of the molecule is CC/C=C\C/C=C\C/C=C\C/C=C\C/C=C\CCCC(=O)OC[C@H](COC(=O)CCCCCCC/C=C\CCCCCC)OC(=O)CCCCCCCCC/C=C\CCCCCC. The Hall–Kier alpha value is -3.41. The number of ether oxygens (including phenoxy) is 3. The van der Waals surface area contributed by atoms with Gasteiger partial charge < -0.3 is 14.2 Å². The van der Waals surface area contributed by atoms with E-state index in [1.807, 2.05) is 0 Å². The van der Waals surface area contributed by atoms with Crippen molar-refractivity contribution in [3.8, 4) is 0 Å². The molecule has 0 spiro atoms. The largest absolute Gasteiger partial charge is 0.462 e. The fourth-order valence-corrected chi connectivity index (χ4v) is 6.94. The van der Waals surface area contributed by atoms with Crippen molar-refractivity contribution in [2.75, 3.05) is 13.2 Å². The van der Waals surface area contributed by atoms with Gasteiger partial charge in [-0.15, -0.1) is 0 Å². The van der Waals surface area contributed by atoms with Gasteiger partial charge in [0.2, 0.25) is 0 Å². The van der Waals surface area contributed by atoms with Gasteiger partial charge in [0.05, 0.1) is 0 Å². The predicted octanol–water partition coefficient (Wildman–Crippen LogP) is 17.2. The normalized spacial score (nSPS) is 12.7. The molecule has 0 aliphatic rings. The summed E-state index contributed by atoms with van der Waals surface area (Å²) < 4.78 is 16.7. The van der Waals surface area contributed by atoms with Gasteiger partial charge in [0, 0.05) is 19.3 Å². The fraction of sp³-hybridized carbons (Fsp3) is 0.702. The number of unbranched alkanes of at least 4 members (excludes halogenated alkanes) is 21. The third kappa shape index (κ3) is 49.5. The van der Waals surface area contributed by atoms with Gasteiger partial charge >= 0.3 is 17.9 Å². The molecule has 0 saturated heterocycles. The summed E-state index contributed by atoms with van der Waals surface area (Å²) in [5, 5.41) is 0. The Bertz CT molecular complexity index is 1240. The summed E-state index contributed by atoms with van der Waals surface area (Å²) in [6.45, 7) is 6.43. The Morgan fingerprint density at radius 3 is 1.05 bits per heavy atom. The molecule has 0 heterocycles. The van der Waals surface area contributed by atoms with Gasteiger partial charge in [0.1, 0.15) is 13.2 Å². The Kier molecular flexibility index (Phi) is 48.5. The Labute approximate surface area is 388 Å². The molecule has 360 valence electrons. The maximum absolute atomic E-state index is 12.8. The van der Waals surface area contributed by atoms with Crippen LogP contribution in [0.15, 0.2) is 85.1 Å². The van der Waals surface area contributed by atoms with E-state index >= 15 is 0 Å². The molecule has 0 amide bonds. The van der Waals surface area contributed by atoms with Crippen LogP contribution in [-0.2, 0) is 28.6 Å². The van der Waals surface area contributed by atoms with Crippen LogP contribution < -0.4 is 0 Å². The van der Waals surface area contributed by atoms with Crippen molar-refractivity contribution in [1.29, 1.82) is 0 Å². The first kappa shape index (κ1) is 59.6. The van der Waals surface area contributed by atoms with Gasteiger partial charge in [-0.05, 0) is 109 Å². The Morgan fingerprint density at radius 2 is 0.635 bits per heavy atom. The van der Waals surface area contributed by atoms with Crippen LogP contribution in [0.5, 0.6) is 0 Å². The first-order valence-electron chi connectivity index (χ1n) is 26.1. The maximum Gasteiger partial charge on any atom is 0.306 e. The minimum absolute atomic E-state index is 0.100. The molecular formula is C57H96O6. The van der Waals surface area contributed by atoms with E-state index in [0.29, 0.717) is 19.3 Å². The second-order valence-electron chi connectivity index (χ2n) is 17.0. The van der Waals surface area contributed by atoms with E-state index in [1.165, 1.54) is 103 Å². The number of hydrogen-bond acceptors (Lipinski definition) is 6. The highest BCUT2D eigenvalue weighted by molar-refractivity contribution is 5.71. The van der Waals surface area contributed by atoms with Crippen LogP contribution in [0.1, 0.15) is 239 Å². The molecule has 0 bridgehead atoms. The number of hydrogen-bond donors (Lipinski definition) is 0. The van der Waals surface area contributed by atoms with Crippen molar-refractivity contribution in [1.82, 2.24) is 0 Å². The van der Waals surface area contributed by atoms with Gasteiger partial charge in [-0.1, -0.05) is 196 Å². The van der Waals surface area contributed by atoms with E-state index in [4.69, 9.17) is 14.2 Å². The van der Waals surface area contributed by atoms with Gasteiger partial charge in [0.25, 0.3) is 0 Å². The van der Waals surface area contributed by atoms with E-state index < -0.39 is 6.10 Å². The fourth-order valence-electron chi connectivity index (χ4n) is 6.94. The average Bonchev–Trinajstić information content (AvgIpc) is 3.28. The molecule has 0 rings (SSSR count). The molecule has 6 nitrogen and oxygen atoms in total. The zero-order valence-corrected chi connectivity index (χ0v) is 41.1. The minimum atomic E-state index is -0.804. The topological polar surface area (TPSA) is 78.9 Å². The number of carbonyl (C=O) groups excluding carboxylic acids is 3. The third-order valence-corrected chi connectivity index (χ3v) is 10.9. The first-order valence-corrected chi connectivity index (χ1v) is 26.1. The van der Waals surface area contributed by atoms with E-state index in [1.54, 1.807) is 0 Å². The Morgan fingerprint density at radius 1 is 0.333 bits per heavy atom. The maximum atomic E-state index is 12.8. The lowest BCUT2D eigenvalue weighted by atomic mass is 10.1. The molecule has 0 fully saturated rings. The molecule has 0 aliphatic heterocycles. The van der Waals surface area contributed by atoms with Crippen LogP contribution in [0.3, 0.4) is 0 Å². The highest BCUT2D eigenvalue weighted by Crippen LogP contribution is 2.13. The molecule has 0 aromatic heterocycles. The minimum Gasteiger partial charge on any atom is -0.462 e. The number of esters is 3. The van der Waals surface area contributed by atoms with Crippen molar-refractivity contribution in [2.24, 2.45) is 0 Å². The Balaban J connectivity index is 4.49. The van der Waals surface area contributed by atoms with Gasteiger partial charge in [0.15, 0.2) is 6.10 Å². The van der Waals surface area contributed by atoms with Crippen LogP contribution in [0.4, 0.5) is 0 Å². The van der Waals surface area contributed by atoms with E-state index in [-0.39, 0.29) is 37.5 Å². The van der Waals surface area contributed by atoms with Crippen molar-refractivity contribution >= 4 is 17.9 Å². The lowest BCUT2D eigenvalue weighted by molar-refractivity contribution is -0.167. The monoisotopic (exact) mass is 877 g/mol. The second-order valence-corrected chi connectivity index (χ2v) is 17.0. The van der Waals surface area contributed by atoms with Crippen LogP contribution in [0, 0.1) is 0 Å². The number of rotatable bonds is 46. The van der Waals surface area contributed by atoms with Crippen molar-refractivity contribution in [3.63, 3.8) is 0 Å². The molecule has 0 aromatic carbocycles. The zero-order valence-electron chi connectivity index (χ0n) is 41.1. The third-order valence-electron chi connectivity index (χ3n) is 10.9. The molecule has 0 radical (unpaired) electrons. The van der Waals surface area contributed by atoms with Gasteiger partial charge in [-0.25, -0.2) is 0 Å². The summed E-state index contributed by atoms with van der Waals surface area (Å²) in [5.41, 5.74) is 0. The molecular weight excluding hydrogens is 781 g/mol. The average molecular weight is 877 g/mol. The lowest BCUT2D eigenvalue weighted by Gasteiger charge is -2.18. The predicted molar refractivity (Wildman–Crippen MR) is 270 cm³/mol. The number of allylic oxidation sites excluding steroid dienone is 14. The van der Waals surface area contributed by atoms with E-state index in [2.05, 4.69) is 106 Å². The smallest absolute Gasteiger partial charge is 0.306 e. The summed E-state index contributed by atoms with van der Waals surface area (Å²) >= 11 is 0. The molecule has 1 atom stereocenters. The van der Waals surface area contributed by atoms with Crippen molar-refractivity contribution < 1.29 is 28.6 Å². The highest BCUT2D eigenvalue weighted by atomic mass is 16.6. The molecule has 0 N–H and O–H groups in total. The van der Waals surface area contributed by atoms with Crippen LogP contribution in [0.2, 0.25) is 0 Å². The lowest BCUT2D eigenvalue weighted by Crippen LogP contribution is -2.30. The molecule has 0 unspecified atom stereocenters. The number of carbonyl (C=O) groups is 3. The quantitative estimate of drug-likeness (QED) is 0.0262. The molecule has 63 heavy (non-hydrogen) atoms. The summed E-state index contributed by atoms with van der Waals surface area (Å²) in [5.74, 6) is -0.974. The van der Waals surface area contributed by atoms with Gasteiger partial charge in [-0.3, -0.25) is 14.4 Å². The zero-order chi connectivity index (χ0) is 45.8. The molecule has 6 heteroatoms. The molecule has 0 aliphatic carbocycles. The van der Waals surface area contributed by atoms with E-state index in [0.717, 1.165) is 89.9 Å². The first-order chi connectivity index (χ1) is 31.0. The van der Waals surface area contributed by atoms with E-state index in [9.17, 15) is 14.4 Å². The summed E-state index contributed by atoms with van der Waals surface area (Å²) in [6, 6.07) is 0.